The molecule has 0 aromatic heterocycles. The molecule has 17 nitrogen and oxygen atoms in total. The van der Waals surface area contributed by atoms with E-state index in [1.54, 1.807) is 36.4 Å². The lowest BCUT2D eigenvalue weighted by atomic mass is 9.92. The van der Waals surface area contributed by atoms with Gasteiger partial charge in [0.25, 0.3) is 0 Å². The second-order valence-electron chi connectivity index (χ2n) is 13.2. The Bertz CT molecular complexity index is 1740. The highest BCUT2D eigenvalue weighted by Gasteiger charge is 2.57. The lowest BCUT2D eigenvalue weighted by Gasteiger charge is -2.43. The van der Waals surface area contributed by atoms with Crippen LogP contribution in [-0.2, 0) is 41.6 Å². The molecule has 2 aromatic rings. The first-order valence-electron chi connectivity index (χ1n) is 17.4. The fraction of sp³-hybridized carbons (Fsp3) is 0.417. The number of carbonyl (C=O) groups excluding carboxylic acids is 6. The highest BCUT2D eigenvalue weighted by atomic mass is 16.3. The van der Waals surface area contributed by atoms with Crippen LogP contribution in [0.15, 0.2) is 71.7 Å². The van der Waals surface area contributed by atoms with Gasteiger partial charge in [-0.1, -0.05) is 48.5 Å². The number of fused-ring (bicyclic) bond motifs is 1. The van der Waals surface area contributed by atoms with Gasteiger partial charge in [-0.15, -0.1) is 0 Å². The highest BCUT2D eigenvalue weighted by Crippen LogP contribution is 2.32. The first-order valence-corrected chi connectivity index (χ1v) is 17.4. The molecule has 6 atom stereocenters. The molecule has 0 saturated carbocycles. The predicted octanol–water partition coefficient (Wildman–Crippen LogP) is -2.11. The van der Waals surface area contributed by atoms with E-state index in [4.69, 9.17) is 11.5 Å². The maximum atomic E-state index is 13.9. The number of hydrogen-bond acceptors (Lipinski definition) is 11. The number of nitrogens with two attached hydrogens (primary N) is 2. The summed E-state index contributed by atoms with van der Waals surface area (Å²) in [6, 6.07) is 10.5. The minimum absolute atomic E-state index is 0.0452. The summed E-state index contributed by atoms with van der Waals surface area (Å²) < 4.78 is 0. The zero-order valence-electron chi connectivity index (χ0n) is 29.0. The Labute approximate surface area is 305 Å². The van der Waals surface area contributed by atoms with Crippen LogP contribution < -0.4 is 32.7 Å². The largest absolute Gasteiger partial charge is 0.508 e. The molecule has 0 radical (unpaired) electrons. The molecule has 0 bridgehead atoms. The van der Waals surface area contributed by atoms with E-state index in [1.807, 2.05) is 6.07 Å². The average molecular weight is 732 g/mol. The van der Waals surface area contributed by atoms with Crippen LogP contribution in [0.4, 0.5) is 0 Å². The summed E-state index contributed by atoms with van der Waals surface area (Å²) >= 11 is 0. The fourth-order valence-electron chi connectivity index (χ4n) is 6.85. The number of nitrogens with one attached hydrogen (secondary N) is 4. The van der Waals surface area contributed by atoms with E-state index in [1.165, 1.54) is 34.1 Å². The van der Waals surface area contributed by atoms with Gasteiger partial charge in [-0.2, -0.15) is 4.99 Å². The maximum Gasteiger partial charge on any atom is 0.304 e. The van der Waals surface area contributed by atoms with Crippen molar-refractivity contribution in [3.8, 4) is 5.75 Å². The number of rotatable bonds is 15. The average Bonchev–Trinajstić information content (AvgIpc) is 3.73. The van der Waals surface area contributed by atoms with Crippen molar-refractivity contribution in [2.24, 2.45) is 16.5 Å². The summed E-state index contributed by atoms with van der Waals surface area (Å²) in [6.07, 6.45) is 5.14. The van der Waals surface area contributed by atoms with Gasteiger partial charge in [0.15, 0.2) is 0 Å². The first-order chi connectivity index (χ1) is 25.4. The molecule has 17 heteroatoms. The van der Waals surface area contributed by atoms with E-state index >= 15 is 0 Å². The minimum Gasteiger partial charge on any atom is -0.508 e. The Morgan fingerprint density at radius 1 is 0.943 bits per heavy atom. The minimum atomic E-state index is -2.10. The SMILES string of the molecule is NC[C@H](NC=O)C(=O)N[C@H](Cc1ccccc1)C(=O)N[C@H](/C=C/C(=O)N1CCC[C@H]1C(=O)N[C@H]1CCCN2C(N)=NC(=O)[C@]12O)Cc1ccc(O)cc1. The van der Waals surface area contributed by atoms with Gasteiger partial charge < -0.3 is 52.7 Å². The molecule has 53 heavy (non-hydrogen) atoms. The zero-order valence-corrected chi connectivity index (χ0v) is 29.0. The molecule has 0 spiro atoms. The van der Waals surface area contributed by atoms with Crippen molar-refractivity contribution >= 4 is 41.9 Å². The van der Waals surface area contributed by atoms with Crippen LogP contribution >= 0.6 is 0 Å². The first kappa shape index (κ1) is 38.4. The molecule has 10 N–H and O–H groups in total. The number of likely N-dealkylation sites (tertiary alicyclic amines) is 1. The molecule has 282 valence electrons. The summed E-state index contributed by atoms with van der Waals surface area (Å²) in [5.74, 6) is -3.19. The molecule has 0 aliphatic carbocycles. The van der Waals surface area contributed by atoms with E-state index in [0.717, 1.165) is 11.1 Å². The van der Waals surface area contributed by atoms with Crippen molar-refractivity contribution in [2.75, 3.05) is 19.6 Å². The number of hydrogen-bond donors (Lipinski definition) is 8. The van der Waals surface area contributed by atoms with Gasteiger partial charge in [0, 0.05) is 32.1 Å². The smallest absolute Gasteiger partial charge is 0.304 e. The van der Waals surface area contributed by atoms with Gasteiger partial charge in [0.1, 0.15) is 23.9 Å². The van der Waals surface area contributed by atoms with E-state index in [0.29, 0.717) is 38.6 Å². The van der Waals surface area contributed by atoms with Gasteiger partial charge >= 0.3 is 5.91 Å². The molecule has 2 aromatic carbocycles. The lowest BCUT2D eigenvalue weighted by molar-refractivity contribution is -0.161. The molecule has 2 saturated heterocycles. The van der Waals surface area contributed by atoms with E-state index in [9.17, 15) is 39.0 Å². The summed E-state index contributed by atoms with van der Waals surface area (Å²) in [4.78, 5) is 84.0. The van der Waals surface area contributed by atoms with Crippen LogP contribution in [0.2, 0.25) is 0 Å². The van der Waals surface area contributed by atoms with Crippen molar-refractivity contribution in [1.29, 1.82) is 0 Å². The number of aliphatic imine (C=N–C) groups is 1. The molecule has 3 heterocycles. The second kappa shape index (κ2) is 17.1. The molecular formula is C36H45N9O8. The zero-order chi connectivity index (χ0) is 38.1. The van der Waals surface area contributed by atoms with Crippen LogP contribution in [0.3, 0.4) is 0 Å². The number of nitrogens with zero attached hydrogens (tertiary/aromatic N) is 3. The van der Waals surface area contributed by atoms with E-state index in [-0.39, 0.29) is 37.6 Å². The number of piperidine rings is 1. The number of aromatic hydroxyl groups is 1. The number of phenols is 1. The van der Waals surface area contributed by atoms with Gasteiger partial charge in [-0.05, 0) is 55.4 Å². The highest BCUT2D eigenvalue weighted by molar-refractivity contribution is 6.05. The Morgan fingerprint density at radius 2 is 1.62 bits per heavy atom. The summed E-state index contributed by atoms with van der Waals surface area (Å²) in [5.41, 5.74) is 10.9. The third kappa shape index (κ3) is 8.99. The molecule has 0 unspecified atom stereocenters. The molecule has 2 fully saturated rings. The van der Waals surface area contributed by atoms with Gasteiger partial charge in [0.05, 0.1) is 12.1 Å². The van der Waals surface area contributed by atoms with Crippen LogP contribution in [-0.4, -0.2) is 117 Å². The van der Waals surface area contributed by atoms with Crippen molar-refractivity contribution in [1.82, 2.24) is 31.1 Å². The number of amides is 6. The number of phenolic OH excluding ortho intramolecular Hbond substituents is 1. The summed E-state index contributed by atoms with van der Waals surface area (Å²) in [7, 11) is 0. The summed E-state index contributed by atoms with van der Waals surface area (Å²) in [6.45, 7) is 0.374. The fourth-order valence-corrected chi connectivity index (χ4v) is 6.85. The summed E-state index contributed by atoms with van der Waals surface area (Å²) in [5, 5.41) is 31.7. The number of guanidine groups is 1. The third-order valence-corrected chi connectivity index (χ3v) is 9.66. The Kier molecular flexibility index (Phi) is 12.4. The van der Waals surface area contributed by atoms with Crippen LogP contribution in [0.1, 0.15) is 36.8 Å². The van der Waals surface area contributed by atoms with Crippen LogP contribution in [0.5, 0.6) is 5.75 Å². The van der Waals surface area contributed by atoms with Crippen LogP contribution in [0.25, 0.3) is 0 Å². The quantitative estimate of drug-likeness (QED) is 0.0726. The topological polar surface area (TPSA) is 262 Å². The van der Waals surface area contributed by atoms with Gasteiger partial charge in [-0.25, -0.2) is 0 Å². The Morgan fingerprint density at radius 3 is 2.32 bits per heavy atom. The lowest BCUT2D eigenvalue weighted by Crippen LogP contribution is -2.68. The normalized spacial score (nSPS) is 22.7. The number of benzene rings is 2. The van der Waals surface area contributed by atoms with Crippen molar-refractivity contribution in [3.05, 3.63) is 77.9 Å². The maximum absolute atomic E-state index is 13.9. The molecule has 6 amide bonds. The Balaban J connectivity index is 1.32. The van der Waals surface area contributed by atoms with E-state index in [2.05, 4.69) is 26.3 Å². The predicted molar refractivity (Wildman–Crippen MR) is 191 cm³/mol. The van der Waals surface area contributed by atoms with Crippen molar-refractivity contribution in [3.63, 3.8) is 0 Å². The van der Waals surface area contributed by atoms with Crippen LogP contribution in [0, 0.1) is 0 Å². The monoisotopic (exact) mass is 731 g/mol. The molecule has 5 rings (SSSR count). The van der Waals surface area contributed by atoms with Gasteiger partial charge in [-0.3, -0.25) is 28.8 Å². The molecular weight excluding hydrogens is 686 g/mol. The van der Waals surface area contributed by atoms with Crippen molar-refractivity contribution in [2.45, 2.75) is 74.5 Å². The van der Waals surface area contributed by atoms with Crippen molar-refractivity contribution < 1.29 is 39.0 Å². The molecule has 3 aliphatic rings. The Hall–Kier alpha value is -5.81. The van der Waals surface area contributed by atoms with Gasteiger partial charge in [0.2, 0.25) is 41.7 Å². The number of carbonyl (C=O) groups is 6. The third-order valence-electron chi connectivity index (χ3n) is 9.66. The van der Waals surface area contributed by atoms with E-state index < -0.39 is 65.5 Å². The molecule has 3 aliphatic heterocycles. The number of aliphatic hydroxyl groups is 1. The second-order valence-corrected chi connectivity index (χ2v) is 13.2. The standard InChI is InChI=1S/C36H45N9O8/c37-20-27(39-21-46)32(50)41-26(19-22-6-2-1-3-7-22)31(49)40-24(18-23-10-13-25(47)14-11-23)12-15-30(48)44-16-4-8-28(44)33(51)42-29-9-5-17-45-35(38)43-34(52)36(29,45)53/h1-3,6-7,10-15,21,24,26-29,47,53H,4-5,8-9,16-20,37H2,(H,39,46)(H,40,49)(H,41,50)(H,42,51)(H2,38,43,52)/b15-12+/t24-,26-,27+,28+,29+,36-/m1/s1.